The molecular weight excluding hydrogens is 569 g/mol. The second-order valence-corrected chi connectivity index (χ2v) is 9.74. The van der Waals surface area contributed by atoms with Gasteiger partial charge in [-0.15, -0.1) is 5.10 Å². The summed E-state index contributed by atoms with van der Waals surface area (Å²) in [6.45, 7) is 0. The Morgan fingerprint density at radius 1 is 1.21 bits per heavy atom. The molecule has 2 aromatic carbocycles. The maximum Gasteiger partial charge on any atom is 0.411 e. The third kappa shape index (κ3) is 6.61. The van der Waals surface area contributed by atoms with E-state index in [4.69, 9.17) is 11.6 Å². The molecule has 0 saturated heterocycles. The van der Waals surface area contributed by atoms with Gasteiger partial charge >= 0.3 is 6.09 Å². The Labute approximate surface area is 243 Å². The molecule has 3 heterocycles. The lowest BCUT2D eigenvalue weighted by atomic mass is 10.1. The van der Waals surface area contributed by atoms with Crippen molar-refractivity contribution in [2.24, 2.45) is 0 Å². The Morgan fingerprint density at radius 2 is 2.07 bits per heavy atom. The summed E-state index contributed by atoms with van der Waals surface area (Å²) < 4.78 is 21.3. The van der Waals surface area contributed by atoms with Crippen LogP contribution in [0.25, 0.3) is 23.0 Å². The number of anilines is 2. The van der Waals surface area contributed by atoms with Gasteiger partial charge in [-0.2, -0.15) is 9.07 Å². The maximum atomic E-state index is 15.2. The van der Waals surface area contributed by atoms with Gasteiger partial charge in [0.2, 0.25) is 17.8 Å². The van der Waals surface area contributed by atoms with Gasteiger partial charge in [0.1, 0.15) is 17.8 Å². The van der Waals surface area contributed by atoms with E-state index in [-0.39, 0.29) is 29.5 Å². The quantitative estimate of drug-likeness (QED) is 0.247. The number of amides is 3. The number of fused-ring (bicyclic) bond motifs is 4. The van der Waals surface area contributed by atoms with Crippen LogP contribution in [0.2, 0.25) is 5.02 Å². The molecule has 216 valence electrons. The summed E-state index contributed by atoms with van der Waals surface area (Å²) in [6.07, 6.45) is 5.29. The SMILES string of the molecule is COC(=O)Nc1ccc2c(c1)NC(=O)CCCCC(NC(=O)C=Cc1cc(Cl)ccc1-n1cnnn1)c1nc-2c(F)[nH]1. The van der Waals surface area contributed by atoms with Gasteiger partial charge in [0.25, 0.3) is 0 Å². The predicted molar refractivity (Wildman–Crippen MR) is 151 cm³/mol. The van der Waals surface area contributed by atoms with Crippen LogP contribution in [-0.2, 0) is 14.3 Å². The molecule has 1 unspecified atom stereocenters. The fraction of sp³-hybridized carbons (Fsp3) is 0.222. The van der Waals surface area contributed by atoms with Gasteiger partial charge in [0, 0.05) is 34.3 Å². The molecule has 4 aromatic rings. The van der Waals surface area contributed by atoms with Crippen molar-refractivity contribution in [2.75, 3.05) is 17.7 Å². The normalized spacial score (nSPS) is 15.2. The monoisotopic (exact) mass is 593 g/mol. The molecule has 3 amide bonds. The molecule has 15 heteroatoms. The first kappa shape index (κ1) is 28.4. The first-order valence-corrected chi connectivity index (χ1v) is 13.2. The predicted octanol–water partition coefficient (Wildman–Crippen LogP) is 4.41. The number of aromatic nitrogens is 6. The van der Waals surface area contributed by atoms with Gasteiger partial charge in [0.05, 0.1) is 24.5 Å². The Hall–Kier alpha value is -5.11. The van der Waals surface area contributed by atoms with Crippen molar-refractivity contribution < 1.29 is 23.5 Å². The molecule has 2 bridgehead atoms. The number of nitrogens with one attached hydrogen (secondary N) is 4. The number of benzene rings is 2. The van der Waals surface area contributed by atoms with Crippen molar-refractivity contribution in [1.29, 1.82) is 0 Å². The van der Waals surface area contributed by atoms with E-state index in [1.165, 1.54) is 42.4 Å². The van der Waals surface area contributed by atoms with Crippen LogP contribution in [0.4, 0.5) is 20.6 Å². The molecule has 1 aliphatic heterocycles. The smallest absolute Gasteiger partial charge is 0.411 e. The summed E-state index contributed by atoms with van der Waals surface area (Å²) in [4.78, 5) is 44.4. The molecule has 1 atom stereocenters. The van der Waals surface area contributed by atoms with Crippen molar-refractivity contribution in [3.63, 3.8) is 0 Å². The second-order valence-electron chi connectivity index (χ2n) is 9.31. The second kappa shape index (κ2) is 12.6. The van der Waals surface area contributed by atoms with Crippen molar-refractivity contribution in [3.05, 3.63) is 71.2 Å². The van der Waals surface area contributed by atoms with Crippen molar-refractivity contribution in [2.45, 2.75) is 31.7 Å². The van der Waals surface area contributed by atoms with Crippen LogP contribution < -0.4 is 16.0 Å². The van der Waals surface area contributed by atoms with Crippen molar-refractivity contribution >= 4 is 47.0 Å². The standard InChI is InChI=1S/C27H25ClFN9O4/c1-42-27(41)31-17-8-9-18-20(13-17)33-22(39)5-3-2-4-19(26-34-24(18)25(29)35-26)32-23(40)11-6-15-12-16(28)7-10-21(15)38-14-30-36-37-38/h6-14,19H,2-5H2,1H3,(H,31,41)(H,32,40)(H,33,39)(H,34,35). The Balaban J connectivity index is 1.42. The average molecular weight is 594 g/mol. The first-order chi connectivity index (χ1) is 20.3. The van der Waals surface area contributed by atoms with Crippen LogP contribution in [-0.4, -0.2) is 55.2 Å². The van der Waals surface area contributed by atoms with Crippen LogP contribution in [0.3, 0.4) is 0 Å². The number of halogens is 2. The van der Waals surface area contributed by atoms with E-state index in [2.05, 4.69) is 46.2 Å². The summed E-state index contributed by atoms with van der Waals surface area (Å²) in [5, 5.41) is 19.8. The number of tetrazole rings is 1. The summed E-state index contributed by atoms with van der Waals surface area (Å²) in [6, 6.07) is 8.95. The van der Waals surface area contributed by atoms with Gasteiger partial charge < -0.3 is 20.4 Å². The van der Waals surface area contributed by atoms with Crippen molar-refractivity contribution in [3.8, 4) is 16.9 Å². The summed E-state index contributed by atoms with van der Waals surface area (Å²) in [5.41, 5.74) is 2.04. The highest BCUT2D eigenvalue weighted by molar-refractivity contribution is 6.30. The Morgan fingerprint density at radius 3 is 2.86 bits per heavy atom. The molecule has 13 nitrogen and oxygen atoms in total. The van der Waals surface area contributed by atoms with Gasteiger partial charge in [-0.05, 0) is 65.7 Å². The lowest BCUT2D eigenvalue weighted by Gasteiger charge is -2.17. The molecule has 42 heavy (non-hydrogen) atoms. The van der Waals surface area contributed by atoms with Gasteiger partial charge in [-0.1, -0.05) is 18.0 Å². The number of hydrogen-bond acceptors (Lipinski definition) is 8. The van der Waals surface area contributed by atoms with E-state index in [9.17, 15) is 14.4 Å². The van der Waals surface area contributed by atoms with E-state index in [1.54, 1.807) is 24.3 Å². The zero-order valence-electron chi connectivity index (χ0n) is 22.2. The average Bonchev–Trinajstić information content (AvgIpc) is 3.63. The van der Waals surface area contributed by atoms with E-state index in [0.717, 1.165) is 0 Å². The number of nitrogens with zero attached hydrogens (tertiary/aromatic N) is 5. The van der Waals surface area contributed by atoms with Gasteiger partial charge in [0.15, 0.2) is 0 Å². The van der Waals surface area contributed by atoms with E-state index < -0.39 is 24.0 Å². The molecule has 0 spiro atoms. The van der Waals surface area contributed by atoms with Crippen LogP contribution in [0.15, 0.2) is 48.8 Å². The molecule has 0 radical (unpaired) electrons. The maximum absolute atomic E-state index is 15.2. The fourth-order valence-electron chi connectivity index (χ4n) is 4.46. The lowest BCUT2D eigenvalue weighted by Crippen LogP contribution is -2.28. The van der Waals surface area contributed by atoms with Crippen molar-refractivity contribution in [1.82, 2.24) is 35.5 Å². The number of aromatic amines is 1. The number of H-pyrrole nitrogens is 1. The van der Waals surface area contributed by atoms with E-state index in [0.29, 0.717) is 46.8 Å². The Kier molecular flexibility index (Phi) is 8.52. The van der Waals surface area contributed by atoms with Crippen LogP contribution in [0, 0.1) is 5.95 Å². The third-order valence-electron chi connectivity index (χ3n) is 6.45. The molecule has 4 N–H and O–H groups in total. The summed E-state index contributed by atoms with van der Waals surface area (Å²) >= 11 is 6.16. The zero-order valence-corrected chi connectivity index (χ0v) is 23.0. The van der Waals surface area contributed by atoms with Crippen LogP contribution >= 0.6 is 11.6 Å². The molecule has 0 fully saturated rings. The lowest BCUT2D eigenvalue weighted by molar-refractivity contribution is -0.118. The first-order valence-electron chi connectivity index (χ1n) is 12.9. The number of methoxy groups -OCH3 is 1. The van der Waals surface area contributed by atoms with Gasteiger partial charge in [-0.3, -0.25) is 14.9 Å². The summed E-state index contributed by atoms with van der Waals surface area (Å²) in [7, 11) is 1.22. The molecule has 0 saturated carbocycles. The molecule has 5 rings (SSSR count). The van der Waals surface area contributed by atoms with E-state index >= 15 is 4.39 Å². The number of hydrogen-bond donors (Lipinski definition) is 4. The van der Waals surface area contributed by atoms with Crippen LogP contribution in [0.1, 0.15) is 43.1 Å². The van der Waals surface area contributed by atoms with Gasteiger partial charge in [-0.25, -0.2) is 9.78 Å². The number of imidazole rings is 1. The molecule has 1 aliphatic rings. The highest BCUT2D eigenvalue weighted by atomic mass is 35.5. The summed E-state index contributed by atoms with van der Waals surface area (Å²) in [5.74, 6) is -1.26. The van der Waals surface area contributed by atoms with Crippen LogP contribution in [0.5, 0.6) is 0 Å². The zero-order chi connectivity index (χ0) is 29.6. The third-order valence-corrected chi connectivity index (χ3v) is 6.69. The topological polar surface area (TPSA) is 169 Å². The highest BCUT2D eigenvalue weighted by Crippen LogP contribution is 2.33. The minimum Gasteiger partial charge on any atom is -0.453 e. The highest BCUT2D eigenvalue weighted by Gasteiger charge is 2.24. The number of carbonyl (C=O) groups is 3. The number of carbonyl (C=O) groups excluding carboxylic acids is 3. The van der Waals surface area contributed by atoms with E-state index in [1.807, 2.05) is 0 Å². The molecular formula is C27H25ClFN9O4. The largest absolute Gasteiger partial charge is 0.453 e. The minimum absolute atomic E-state index is 0.0507. The number of rotatable bonds is 5. The molecule has 2 aromatic heterocycles. The minimum atomic E-state index is -0.742. The number of ether oxygens (including phenoxy) is 1. The Bertz CT molecular complexity index is 1660. The fourth-order valence-corrected chi connectivity index (χ4v) is 4.64. The molecule has 0 aliphatic carbocycles.